The molecule has 0 spiro atoms. The van der Waals surface area contributed by atoms with E-state index in [2.05, 4.69) is 10.1 Å². The summed E-state index contributed by atoms with van der Waals surface area (Å²) in [5.74, 6) is -0.775. The molecule has 1 aromatic carbocycles. The van der Waals surface area contributed by atoms with Crippen LogP contribution in [0, 0.1) is 0 Å². The lowest BCUT2D eigenvalue weighted by atomic mass is 9.99. The molecule has 0 aliphatic rings. The van der Waals surface area contributed by atoms with Gasteiger partial charge in [-0.05, 0) is 5.56 Å². The molecule has 0 aliphatic heterocycles. The van der Waals surface area contributed by atoms with Crippen LogP contribution in [0.15, 0.2) is 34.9 Å². The van der Waals surface area contributed by atoms with Gasteiger partial charge in [-0.2, -0.15) is 4.98 Å². The number of hydrogen-bond donors (Lipinski definition) is 2. The number of carbonyl (C=O) groups is 1. The van der Waals surface area contributed by atoms with Crippen LogP contribution in [0.1, 0.15) is 28.0 Å². The van der Waals surface area contributed by atoms with Crippen LogP contribution in [-0.4, -0.2) is 22.6 Å². The first-order chi connectivity index (χ1) is 8.22. The van der Waals surface area contributed by atoms with E-state index >= 15 is 0 Å². The number of nitrogens with two attached hydrogens (primary N) is 2. The monoisotopic (exact) mass is 232 g/mol. The molecule has 88 valence electrons. The number of amides is 1. The van der Waals surface area contributed by atoms with Crippen LogP contribution in [0.4, 0.5) is 0 Å². The van der Waals surface area contributed by atoms with E-state index < -0.39 is 5.91 Å². The first kappa shape index (κ1) is 11.3. The maximum absolute atomic E-state index is 10.9. The lowest BCUT2D eigenvalue weighted by Gasteiger charge is -2.09. The first-order valence-electron chi connectivity index (χ1n) is 5.10. The molecule has 2 rings (SSSR count). The Labute approximate surface area is 97.6 Å². The van der Waals surface area contributed by atoms with E-state index in [4.69, 9.17) is 16.0 Å². The van der Waals surface area contributed by atoms with Crippen molar-refractivity contribution in [3.63, 3.8) is 0 Å². The van der Waals surface area contributed by atoms with Crippen molar-refractivity contribution in [2.75, 3.05) is 6.54 Å². The minimum Gasteiger partial charge on any atom is -0.363 e. The van der Waals surface area contributed by atoms with E-state index in [0.29, 0.717) is 12.4 Å². The molecule has 4 N–H and O–H groups in total. The molecule has 0 saturated carbocycles. The number of aromatic nitrogens is 2. The smallest absolute Gasteiger partial charge is 0.290 e. The molecule has 1 heterocycles. The summed E-state index contributed by atoms with van der Waals surface area (Å²) in [5, 5.41) is 3.49. The lowest BCUT2D eigenvalue weighted by Crippen LogP contribution is -2.16. The third-order valence-corrected chi connectivity index (χ3v) is 2.40. The van der Waals surface area contributed by atoms with Gasteiger partial charge >= 0.3 is 0 Å². The van der Waals surface area contributed by atoms with Gasteiger partial charge < -0.3 is 16.0 Å². The zero-order valence-electron chi connectivity index (χ0n) is 9.04. The van der Waals surface area contributed by atoms with Crippen LogP contribution >= 0.6 is 0 Å². The molecule has 1 amide bonds. The van der Waals surface area contributed by atoms with E-state index in [-0.39, 0.29) is 11.7 Å². The Morgan fingerprint density at radius 3 is 2.59 bits per heavy atom. The van der Waals surface area contributed by atoms with Crippen molar-refractivity contribution < 1.29 is 9.32 Å². The molecule has 1 unspecified atom stereocenters. The molecule has 1 aromatic heterocycles. The highest BCUT2D eigenvalue weighted by Gasteiger charge is 2.20. The Bertz CT molecular complexity index is 509. The molecule has 6 nitrogen and oxygen atoms in total. The standard InChI is InChI=1S/C11H12N4O2/c12-6-8(7-4-2-1-3-5-7)11-14-10(9(13)16)15-17-11/h1-5,8H,6,12H2,(H2,13,16). The quantitative estimate of drug-likeness (QED) is 0.786. The van der Waals surface area contributed by atoms with Crippen molar-refractivity contribution in [1.82, 2.24) is 10.1 Å². The summed E-state index contributed by atoms with van der Waals surface area (Å²) < 4.78 is 4.99. The summed E-state index contributed by atoms with van der Waals surface area (Å²) in [5.41, 5.74) is 11.7. The molecule has 2 aromatic rings. The average molecular weight is 232 g/mol. The molecule has 0 bridgehead atoms. The van der Waals surface area contributed by atoms with Crippen LogP contribution in [0.5, 0.6) is 0 Å². The Morgan fingerprint density at radius 1 is 1.35 bits per heavy atom. The zero-order chi connectivity index (χ0) is 12.3. The van der Waals surface area contributed by atoms with Gasteiger partial charge in [-0.15, -0.1) is 0 Å². The van der Waals surface area contributed by atoms with E-state index in [1.165, 1.54) is 0 Å². The second kappa shape index (κ2) is 4.75. The molecule has 1 atom stereocenters. The normalized spacial score (nSPS) is 12.3. The van der Waals surface area contributed by atoms with Gasteiger partial charge in [-0.3, -0.25) is 4.79 Å². The van der Waals surface area contributed by atoms with Gasteiger partial charge in [-0.25, -0.2) is 0 Å². The number of primary amides is 1. The zero-order valence-corrected chi connectivity index (χ0v) is 9.04. The molecule has 6 heteroatoms. The predicted octanol–water partition coefficient (Wildman–Crippen LogP) is 0.259. The van der Waals surface area contributed by atoms with Gasteiger partial charge in [-0.1, -0.05) is 35.5 Å². The van der Waals surface area contributed by atoms with Crippen molar-refractivity contribution in [3.8, 4) is 0 Å². The van der Waals surface area contributed by atoms with E-state index in [0.717, 1.165) is 5.56 Å². The van der Waals surface area contributed by atoms with Gasteiger partial charge in [0.2, 0.25) is 5.89 Å². The minimum atomic E-state index is -0.719. The molecular weight excluding hydrogens is 220 g/mol. The molecule has 0 saturated heterocycles. The van der Waals surface area contributed by atoms with Crippen LogP contribution < -0.4 is 11.5 Å². The summed E-state index contributed by atoms with van der Waals surface area (Å²) >= 11 is 0. The fourth-order valence-corrected chi connectivity index (χ4v) is 1.54. The van der Waals surface area contributed by atoms with Crippen molar-refractivity contribution >= 4 is 5.91 Å². The fourth-order valence-electron chi connectivity index (χ4n) is 1.54. The number of benzene rings is 1. The maximum Gasteiger partial charge on any atom is 0.290 e. The van der Waals surface area contributed by atoms with Crippen molar-refractivity contribution in [1.29, 1.82) is 0 Å². The molecule has 0 radical (unpaired) electrons. The second-order valence-electron chi connectivity index (χ2n) is 3.52. The van der Waals surface area contributed by atoms with Gasteiger partial charge in [0, 0.05) is 6.54 Å². The predicted molar refractivity (Wildman–Crippen MR) is 60.2 cm³/mol. The summed E-state index contributed by atoms with van der Waals surface area (Å²) in [4.78, 5) is 14.8. The van der Waals surface area contributed by atoms with Crippen molar-refractivity contribution in [2.24, 2.45) is 11.5 Å². The third-order valence-electron chi connectivity index (χ3n) is 2.40. The fraction of sp³-hybridized carbons (Fsp3) is 0.182. The van der Waals surface area contributed by atoms with Crippen LogP contribution in [0.25, 0.3) is 0 Å². The van der Waals surface area contributed by atoms with Gasteiger partial charge in [0.1, 0.15) is 0 Å². The van der Waals surface area contributed by atoms with Crippen molar-refractivity contribution in [3.05, 3.63) is 47.6 Å². The highest BCUT2D eigenvalue weighted by atomic mass is 16.5. The van der Waals surface area contributed by atoms with Crippen LogP contribution in [0.2, 0.25) is 0 Å². The summed E-state index contributed by atoms with van der Waals surface area (Å²) in [7, 11) is 0. The minimum absolute atomic E-state index is 0.130. The average Bonchev–Trinajstić information content (AvgIpc) is 2.81. The second-order valence-corrected chi connectivity index (χ2v) is 3.52. The summed E-state index contributed by atoms with van der Waals surface area (Å²) in [6, 6.07) is 9.50. The third kappa shape index (κ3) is 2.31. The van der Waals surface area contributed by atoms with Gasteiger partial charge in [0.15, 0.2) is 0 Å². The number of nitrogens with zero attached hydrogens (tertiary/aromatic N) is 2. The van der Waals surface area contributed by atoms with E-state index in [1.54, 1.807) is 0 Å². The van der Waals surface area contributed by atoms with Crippen molar-refractivity contribution in [2.45, 2.75) is 5.92 Å². The maximum atomic E-state index is 10.9. The Morgan fingerprint density at radius 2 is 2.06 bits per heavy atom. The largest absolute Gasteiger partial charge is 0.363 e. The van der Waals surface area contributed by atoms with E-state index in [9.17, 15) is 4.79 Å². The van der Waals surface area contributed by atoms with Gasteiger partial charge in [0.05, 0.1) is 5.92 Å². The number of hydrogen-bond acceptors (Lipinski definition) is 5. The van der Waals surface area contributed by atoms with E-state index in [1.807, 2.05) is 30.3 Å². The molecule has 0 aliphatic carbocycles. The van der Waals surface area contributed by atoms with Crippen LogP contribution in [-0.2, 0) is 0 Å². The molecular formula is C11H12N4O2. The summed E-state index contributed by atoms with van der Waals surface area (Å²) in [6.45, 7) is 0.310. The number of rotatable bonds is 4. The number of carbonyl (C=O) groups excluding carboxylic acids is 1. The Hall–Kier alpha value is -2.21. The summed E-state index contributed by atoms with van der Waals surface area (Å²) in [6.07, 6.45) is 0. The topological polar surface area (TPSA) is 108 Å². The highest BCUT2D eigenvalue weighted by molar-refractivity contribution is 5.88. The van der Waals surface area contributed by atoms with Crippen LogP contribution in [0.3, 0.4) is 0 Å². The van der Waals surface area contributed by atoms with Gasteiger partial charge in [0.25, 0.3) is 11.7 Å². The Kier molecular flexibility index (Phi) is 3.15. The molecule has 0 fully saturated rings. The highest BCUT2D eigenvalue weighted by Crippen LogP contribution is 2.21. The lowest BCUT2D eigenvalue weighted by molar-refractivity contribution is 0.0987. The Balaban J connectivity index is 2.32. The first-order valence-corrected chi connectivity index (χ1v) is 5.10. The SMILES string of the molecule is NCC(c1ccccc1)c1nc(C(N)=O)no1. The molecule has 17 heavy (non-hydrogen) atoms.